The molecule has 0 aromatic heterocycles. The number of hydrazone groups is 1. The van der Waals surface area contributed by atoms with Crippen LogP contribution < -0.4 is 26.4 Å². The molecule has 0 saturated carbocycles. The number of benzene rings is 1. The SMILES string of the molecule is CC1=NNC(=O)N(NC(=O)NNSC(=O)Nc2ccccc2)C1. The summed E-state index contributed by atoms with van der Waals surface area (Å²) < 4.78 is 0. The number of hydrogen-bond donors (Lipinski definition) is 5. The molecule has 1 aromatic rings. The Balaban J connectivity index is 1.67. The van der Waals surface area contributed by atoms with Gasteiger partial charge in [-0.05, 0) is 19.1 Å². The van der Waals surface area contributed by atoms with Crippen LogP contribution in [0, 0.1) is 0 Å². The molecule has 1 aliphatic heterocycles. The third kappa shape index (κ3) is 5.48. The molecule has 1 aliphatic rings. The van der Waals surface area contributed by atoms with Gasteiger partial charge in [0.1, 0.15) is 0 Å². The predicted octanol–water partition coefficient (Wildman–Crippen LogP) is 0.987. The summed E-state index contributed by atoms with van der Waals surface area (Å²) in [7, 11) is 0. The highest BCUT2D eigenvalue weighted by Crippen LogP contribution is 2.08. The third-order valence-corrected chi connectivity index (χ3v) is 3.03. The van der Waals surface area contributed by atoms with Crippen LogP contribution in [-0.2, 0) is 0 Å². The Bertz CT molecular complexity index is 622. The number of urea groups is 2. The van der Waals surface area contributed by atoms with Gasteiger partial charge in [-0.2, -0.15) is 9.93 Å². The Hall–Kier alpha value is -2.79. The van der Waals surface area contributed by atoms with Gasteiger partial charge in [-0.25, -0.2) is 25.4 Å². The molecule has 2 rings (SSSR count). The molecule has 1 aromatic carbocycles. The van der Waals surface area contributed by atoms with Crippen molar-refractivity contribution in [3.8, 4) is 0 Å². The first kappa shape index (κ1) is 16.6. The standard InChI is InChI=1S/C12H15N7O3S/c1-8-7-19(11(21)16-14-8)17-10(20)15-18-23-12(22)13-9-5-3-2-4-6-9/h2-6,18H,7H2,1H3,(H,13,22)(H,16,21)(H2,15,17,20). The average Bonchev–Trinajstić information content (AvgIpc) is 2.52. The number of hydrazine groups is 2. The molecular weight excluding hydrogens is 322 g/mol. The highest BCUT2D eigenvalue weighted by Gasteiger charge is 2.20. The minimum Gasteiger partial charge on any atom is -0.316 e. The summed E-state index contributed by atoms with van der Waals surface area (Å²) in [5, 5.41) is 6.98. The second-order valence-corrected chi connectivity index (χ2v) is 5.18. The molecule has 5 amide bonds. The summed E-state index contributed by atoms with van der Waals surface area (Å²) in [4.78, 5) is 37.0. The Morgan fingerprint density at radius 3 is 2.78 bits per heavy atom. The first-order valence-corrected chi connectivity index (χ1v) is 7.31. The van der Waals surface area contributed by atoms with E-state index in [1.807, 2.05) is 6.07 Å². The molecular formula is C12H15N7O3S. The van der Waals surface area contributed by atoms with Crippen molar-refractivity contribution in [2.75, 3.05) is 11.9 Å². The van der Waals surface area contributed by atoms with Crippen molar-refractivity contribution in [2.45, 2.75) is 6.92 Å². The van der Waals surface area contributed by atoms with Crippen LogP contribution in [0.2, 0.25) is 0 Å². The summed E-state index contributed by atoms with van der Waals surface area (Å²) >= 11 is 0.648. The lowest BCUT2D eigenvalue weighted by molar-refractivity contribution is 0.172. The van der Waals surface area contributed by atoms with Crippen molar-refractivity contribution < 1.29 is 14.4 Å². The predicted molar refractivity (Wildman–Crippen MR) is 86.2 cm³/mol. The molecule has 10 nitrogen and oxygen atoms in total. The molecule has 0 saturated heterocycles. The van der Waals surface area contributed by atoms with Gasteiger partial charge in [0.05, 0.1) is 12.3 Å². The first-order valence-electron chi connectivity index (χ1n) is 6.50. The van der Waals surface area contributed by atoms with Gasteiger partial charge in [-0.3, -0.25) is 10.2 Å². The topological polar surface area (TPSA) is 127 Å². The van der Waals surface area contributed by atoms with E-state index in [0.717, 1.165) is 5.01 Å². The highest BCUT2D eigenvalue weighted by atomic mass is 32.2. The van der Waals surface area contributed by atoms with E-state index >= 15 is 0 Å². The Morgan fingerprint density at radius 2 is 2.04 bits per heavy atom. The molecule has 122 valence electrons. The van der Waals surface area contributed by atoms with E-state index in [9.17, 15) is 14.4 Å². The lowest BCUT2D eigenvalue weighted by Gasteiger charge is -2.25. The fraction of sp³-hybridized carbons (Fsp3) is 0.167. The van der Waals surface area contributed by atoms with Crippen LogP contribution in [-0.4, -0.2) is 34.6 Å². The zero-order chi connectivity index (χ0) is 16.7. The van der Waals surface area contributed by atoms with Gasteiger partial charge in [0.2, 0.25) is 0 Å². The zero-order valence-electron chi connectivity index (χ0n) is 12.1. The van der Waals surface area contributed by atoms with Gasteiger partial charge in [-0.15, -0.1) is 0 Å². The second kappa shape index (κ2) is 8.00. The molecule has 1 heterocycles. The van der Waals surface area contributed by atoms with Crippen molar-refractivity contribution >= 4 is 40.6 Å². The summed E-state index contributed by atoms with van der Waals surface area (Å²) in [5.74, 6) is 0. The van der Waals surface area contributed by atoms with Crippen molar-refractivity contribution in [1.29, 1.82) is 0 Å². The largest absolute Gasteiger partial charge is 0.356 e. The van der Waals surface area contributed by atoms with Gasteiger partial charge in [0.15, 0.2) is 0 Å². The lowest BCUT2D eigenvalue weighted by atomic mass is 10.3. The quantitative estimate of drug-likeness (QED) is 0.413. The number of amides is 5. The van der Waals surface area contributed by atoms with E-state index in [0.29, 0.717) is 23.3 Å². The van der Waals surface area contributed by atoms with Crippen LogP contribution in [0.4, 0.5) is 20.1 Å². The maximum Gasteiger partial charge on any atom is 0.356 e. The number of rotatable bonds is 4. The third-order valence-electron chi connectivity index (χ3n) is 2.54. The number of nitrogens with one attached hydrogen (secondary N) is 5. The van der Waals surface area contributed by atoms with Gasteiger partial charge in [0, 0.05) is 17.6 Å². The second-order valence-electron chi connectivity index (χ2n) is 4.40. The number of para-hydroxylation sites is 1. The van der Waals surface area contributed by atoms with Crippen molar-refractivity contribution in [1.82, 2.24) is 26.1 Å². The molecule has 5 N–H and O–H groups in total. The van der Waals surface area contributed by atoms with Crippen LogP contribution in [0.5, 0.6) is 0 Å². The highest BCUT2D eigenvalue weighted by molar-refractivity contribution is 8.12. The van der Waals surface area contributed by atoms with Crippen LogP contribution in [0.3, 0.4) is 0 Å². The van der Waals surface area contributed by atoms with Crippen molar-refractivity contribution in [2.24, 2.45) is 5.10 Å². The van der Waals surface area contributed by atoms with Gasteiger partial charge < -0.3 is 5.32 Å². The van der Waals surface area contributed by atoms with Gasteiger partial charge in [0.25, 0.3) is 5.24 Å². The molecule has 0 fully saturated rings. The lowest BCUT2D eigenvalue weighted by Crippen LogP contribution is -2.57. The summed E-state index contributed by atoms with van der Waals surface area (Å²) in [6, 6.07) is 7.61. The molecule has 0 aliphatic carbocycles. The Labute approximate surface area is 136 Å². The number of carbonyl (C=O) groups excluding carboxylic acids is 3. The van der Waals surface area contributed by atoms with Gasteiger partial charge >= 0.3 is 12.1 Å². The number of nitrogens with zero attached hydrogens (tertiary/aromatic N) is 2. The fourth-order valence-electron chi connectivity index (χ4n) is 1.56. The number of hydrogen-bond acceptors (Lipinski definition) is 6. The summed E-state index contributed by atoms with van der Waals surface area (Å²) in [5.41, 5.74) is 8.03. The smallest absolute Gasteiger partial charge is 0.316 e. The molecule has 0 atom stereocenters. The molecule has 0 radical (unpaired) electrons. The van der Waals surface area contributed by atoms with Crippen LogP contribution in [0.25, 0.3) is 0 Å². The van der Waals surface area contributed by atoms with E-state index in [-0.39, 0.29) is 6.54 Å². The van der Waals surface area contributed by atoms with Crippen LogP contribution >= 0.6 is 11.9 Å². The Morgan fingerprint density at radius 1 is 1.30 bits per heavy atom. The van der Waals surface area contributed by atoms with Crippen molar-refractivity contribution in [3.63, 3.8) is 0 Å². The number of carbonyl (C=O) groups is 3. The minimum atomic E-state index is -0.699. The van der Waals surface area contributed by atoms with E-state index < -0.39 is 17.3 Å². The van der Waals surface area contributed by atoms with Crippen LogP contribution in [0.15, 0.2) is 35.4 Å². The Kier molecular flexibility index (Phi) is 5.77. The van der Waals surface area contributed by atoms with E-state index in [2.05, 4.69) is 31.5 Å². The zero-order valence-corrected chi connectivity index (χ0v) is 12.9. The van der Waals surface area contributed by atoms with E-state index in [1.54, 1.807) is 31.2 Å². The molecule has 0 spiro atoms. The molecule has 23 heavy (non-hydrogen) atoms. The molecule has 0 unspecified atom stereocenters. The number of anilines is 1. The van der Waals surface area contributed by atoms with Crippen LogP contribution in [0.1, 0.15) is 6.92 Å². The normalized spacial score (nSPS) is 13.7. The van der Waals surface area contributed by atoms with E-state index in [1.165, 1.54) is 0 Å². The van der Waals surface area contributed by atoms with Crippen molar-refractivity contribution in [3.05, 3.63) is 30.3 Å². The summed E-state index contributed by atoms with van der Waals surface area (Å²) in [6.45, 7) is 1.87. The van der Waals surface area contributed by atoms with E-state index in [4.69, 9.17) is 0 Å². The summed E-state index contributed by atoms with van der Waals surface area (Å²) in [6.07, 6.45) is 0. The molecule has 11 heteroatoms. The fourth-order valence-corrected chi connectivity index (χ4v) is 1.97. The maximum absolute atomic E-state index is 11.6. The van der Waals surface area contributed by atoms with Gasteiger partial charge in [-0.1, -0.05) is 18.2 Å². The first-order chi connectivity index (χ1) is 11.0. The monoisotopic (exact) mass is 337 g/mol. The minimum absolute atomic E-state index is 0.168. The molecule has 0 bridgehead atoms. The average molecular weight is 337 g/mol. The maximum atomic E-state index is 11.6.